The fourth-order valence-corrected chi connectivity index (χ4v) is 4.27. The third kappa shape index (κ3) is 6.98. The molecule has 11 heteroatoms. The minimum absolute atomic E-state index is 0.0393. The standard InChI is InChI=1S/C21H23F3N2O5S/c1-13-4-5-15(20(28)25-12-21(22,23)24)10-18(13)26-19(27)14(2)11-32(29,30)17-8-6-16(31-3)7-9-17/h4-10,14H,11-12H2,1-3H3,(H,25,28)(H,26,27). The predicted molar refractivity (Wildman–Crippen MR) is 112 cm³/mol. The van der Waals surface area contributed by atoms with Crippen molar-refractivity contribution in [1.29, 1.82) is 0 Å². The van der Waals surface area contributed by atoms with Gasteiger partial charge in [0.15, 0.2) is 9.84 Å². The first-order valence-corrected chi connectivity index (χ1v) is 11.1. The quantitative estimate of drug-likeness (QED) is 0.614. The van der Waals surface area contributed by atoms with Crippen LogP contribution in [0.5, 0.6) is 5.75 Å². The highest BCUT2D eigenvalue weighted by atomic mass is 32.2. The SMILES string of the molecule is COc1ccc(S(=O)(=O)CC(C)C(=O)Nc2cc(C(=O)NCC(F)(F)F)ccc2C)cc1. The van der Waals surface area contributed by atoms with Gasteiger partial charge in [0.2, 0.25) is 5.91 Å². The molecule has 2 rings (SSSR count). The average Bonchev–Trinajstić information content (AvgIpc) is 2.72. The first-order chi connectivity index (χ1) is 14.8. The second kappa shape index (κ2) is 10.0. The van der Waals surface area contributed by atoms with E-state index in [0.29, 0.717) is 11.3 Å². The Morgan fingerprint density at radius 1 is 1.09 bits per heavy atom. The number of hydrogen-bond acceptors (Lipinski definition) is 5. The highest BCUT2D eigenvalue weighted by Gasteiger charge is 2.28. The molecule has 1 unspecified atom stereocenters. The van der Waals surface area contributed by atoms with Gasteiger partial charge in [0.25, 0.3) is 5.91 Å². The summed E-state index contributed by atoms with van der Waals surface area (Å²) in [6, 6.07) is 9.79. The van der Waals surface area contributed by atoms with Crippen molar-refractivity contribution in [3.63, 3.8) is 0 Å². The summed E-state index contributed by atoms with van der Waals surface area (Å²) in [7, 11) is -2.31. The molecule has 2 N–H and O–H groups in total. The Hall–Kier alpha value is -3.08. The topological polar surface area (TPSA) is 102 Å². The molecule has 0 aliphatic carbocycles. The molecule has 0 saturated heterocycles. The van der Waals surface area contributed by atoms with E-state index < -0.39 is 46.0 Å². The Bertz CT molecular complexity index is 1080. The van der Waals surface area contributed by atoms with Gasteiger partial charge in [-0.1, -0.05) is 13.0 Å². The summed E-state index contributed by atoms with van der Waals surface area (Å²) in [5, 5.41) is 4.30. The molecule has 0 radical (unpaired) electrons. The number of methoxy groups -OCH3 is 1. The van der Waals surface area contributed by atoms with E-state index in [4.69, 9.17) is 4.74 Å². The number of halogens is 3. The van der Waals surface area contributed by atoms with Gasteiger partial charge in [-0.3, -0.25) is 9.59 Å². The molecule has 1 atom stereocenters. The minimum Gasteiger partial charge on any atom is -0.497 e. The van der Waals surface area contributed by atoms with E-state index >= 15 is 0 Å². The molecule has 0 aliphatic heterocycles. The van der Waals surface area contributed by atoms with Gasteiger partial charge in [-0.05, 0) is 48.9 Å². The Balaban J connectivity index is 2.09. The molecule has 2 amide bonds. The lowest BCUT2D eigenvalue weighted by molar-refractivity contribution is -0.123. The van der Waals surface area contributed by atoms with Crippen molar-refractivity contribution >= 4 is 27.3 Å². The van der Waals surface area contributed by atoms with Crippen LogP contribution in [0.25, 0.3) is 0 Å². The van der Waals surface area contributed by atoms with Crippen LogP contribution in [-0.4, -0.2) is 45.8 Å². The maximum absolute atomic E-state index is 12.6. The van der Waals surface area contributed by atoms with E-state index in [2.05, 4.69) is 5.32 Å². The molecule has 0 saturated carbocycles. The van der Waals surface area contributed by atoms with Gasteiger partial charge in [-0.15, -0.1) is 0 Å². The number of amides is 2. The van der Waals surface area contributed by atoms with Gasteiger partial charge in [-0.25, -0.2) is 8.42 Å². The first-order valence-electron chi connectivity index (χ1n) is 9.45. The van der Waals surface area contributed by atoms with Crippen molar-refractivity contribution in [2.24, 2.45) is 5.92 Å². The molecule has 2 aromatic carbocycles. The van der Waals surface area contributed by atoms with Gasteiger partial charge >= 0.3 is 6.18 Å². The van der Waals surface area contributed by atoms with Gasteiger partial charge in [-0.2, -0.15) is 13.2 Å². The fraction of sp³-hybridized carbons (Fsp3) is 0.333. The third-order valence-electron chi connectivity index (χ3n) is 4.54. The van der Waals surface area contributed by atoms with E-state index in [0.717, 1.165) is 0 Å². The maximum Gasteiger partial charge on any atom is 0.405 e. The lowest BCUT2D eigenvalue weighted by Gasteiger charge is -2.15. The number of nitrogens with one attached hydrogen (secondary N) is 2. The summed E-state index contributed by atoms with van der Waals surface area (Å²) in [6.45, 7) is 1.58. The Labute approximate surface area is 183 Å². The van der Waals surface area contributed by atoms with Gasteiger partial charge in [0, 0.05) is 17.2 Å². The monoisotopic (exact) mass is 472 g/mol. The number of aryl methyl sites for hydroxylation is 1. The molecule has 32 heavy (non-hydrogen) atoms. The molecule has 174 valence electrons. The van der Waals surface area contributed by atoms with Gasteiger partial charge < -0.3 is 15.4 Å². The largest absolute Gasteiger partial charge is 0.497 e. The molecule has 7 nitrogen and oxygen atoms in total. The number of rotatable bonds is 8. The highest BCUT2D eigenvalue weighted by molar-refractivity contribution is 7.91. The lowest BCUT2D eigenvalue weighted by Crippen LogP contribution is -2.33. The number of anilines is 1. The van der Waals surface area contributed by atoms with Crippen molar-refractivity contribution in [3.8, 4) is 5.75 Å². The van der Waals surface area contributed by atoms with Crippen LogP contribution in [0.3, 0.4) is 0 Å². The number of carbonyl (C=O) groups excluding carboxylic acids is 2. The van der Waals surface area contributed by atoms with Crippen LogP contribution >= 0.6 is 0 Å². The van der Waals surface area contributed by atoms with Crippen LogP contribution in [0.1, 0.15) is 22.8 Å². The average molecular weight is 472 g/mol. The number of carbonyl (C=O) groups is 2. The van der Waals surface area contributed by atoms with Crippen molar-refractivity contribution < 1.29 is 35.9 Å². The predicted octanol–water partition coefficient (Wildman–Crippen LogP) is 3.34. The zero-order valence-corrected chi connectivity index (χ0v) is 18.4. The Kier molecular flexibility index (Phi) is 7.89. The maximum atomic E-state index is 12.6. The van der Waals surface area contributed by atoms with Gasteiger partial charge in [0.05, 0.1) is 17.8 Å². The summed E-state index contributed by atoms with van der Waals surface area (Å²) in [5.41, 5.74) is 0.674. The van der Waals surface area contributed by atoms with Crippen LogP contribution in [0.4, 0.5) is 18.9 Å². The van der Waals surface area contributed by atoms with Crippen molar-refractivity contribution in [2.75, 3.05) is 24.7 Å². The smallest absolute Gasteiger partial charge is 0.405 e. The van der Waals surface area contributed by atoms with Crippen molar-refractivity contribution in [1.82, 2.24) is 5.32 Å². The zero-order chi connectivity index (χ0) is 24.1. The second-order valence-corrected chi connectivity index (χ2v) is 9.21. The van der Waals surface area contributed by atoms with Crippen LogP contribution in [0.15, 0.2) is 47.4 Å². The summed E-state index contributed by atoms with van der Waals surface area (Å²) in [4.78, 5) is 24.6. The number of ether oxygens (including phenoxy) is 1. The van der Waals surface area contributed by atoms with Crippen LogP contribution in [0.2, 0.25) is 0 Å². The van der Waals surface area contributed by atoms with E-state index in [9.17, 15) is 31.2 Å². The highest BCUT2D eigenvalue weighted by Crippen LogP contribution is 2.21. The Morgan fingerprint density at radius 3 is 2.28 bits per heavy atom. The molecule has 0 heterocycles. The summed E-state index contributed by atoms with van der Waals surface area (Å²) < 4.78 is 67.1. The molecule has 0 fully saturated rings. The van der Waals surface area contributed by atoms with Crippen LogP contribution < -0.4 is 15.4 Å². The number of benzene rings is 2. The van der Waals surface area contributed by atoms with Crippen LogP contribution in [0, 0.1) is 12.8 Å². The summed E-state index contributed by atoms with van der Waals surface area (Å²) in [5.74, 6) is -2.48. The molecule has 0 bridgehead atoms. The van der Waals surface area contributed by atoms with Crippen molar-refractivity contribution in [2.45, 2.75) is 24.9 Å². The number of sulfone groups is 1. The minimum atomic E-state index is -4.55. The summed E-state index contributed by atoms with van der Waals surface area (Å²) >= 11 is 0. The molecular weight excluding hydrogens is 449 g/mol. The third-order valence-corrected chi connectivity index (χ3v) is 6.47. The lowest BCUT2D eigenvalue weighted by atomic mass is 10.1. The summed E-state index contributed by atoms with van der Waals surface area (Å²) in [6.07, 6.45) is -4.55. The first kappa shape index (κ1) is 25.2. The Morgan fingerprint density at radius 2 is 1.72 bits per heavy atom. The van der Waals surface area contributed by atoms with E-state index in [1.165, 1.54) is 56.5 Å². The molecule has 0 aliphatic rings. The van der Waals surface area contributed by atoms with E-state index in [-0.39, 0.29) is 16.1 Å². The molecule has 0 spiro atoms. The van der Waals surface area contributed by atoms with Crippen molar-refractivity contribution in [3.05, 3.63) is 53.6 Å². The number of alkyl halides is 3. The number of hydrogen-bond donors (Lipinski definition) is 2. The molecular formula is C21H23F3N2O5S. The van der Waals surface area contributed by atoms with E-state index in [1.54, 1.807) is 12.2 Å². The van der Waals surface area contributed by atoms with E-state index in [1.807, 2.05) is 0 Å². The molecule has 0 aromatic heterocycles. The fourth-order valence-electron chi connectivity index (χ4n) is 2.72. The second-order valence-electron chi connectivity index (χ2n) is 7.17. The normalized spacial score (nSPS) is 12.7. The molecule has 2 aromatic rings. The van der Waals surface area contributed by atoms with Gasteiger partial charge in [0.1, 0.15) is 12.3 Å². The zero-order valence-electron chi connectivity index (χ0n) is 17.6. The van der Waals surface area contributed by atoms with Crippen LogP contribution in [-0.2, 0) is 14.6 Å².